The Morgan fingerprint density at radius 2 is 1.72 bits per heavy atom. The van der Waals surface area contributed by atoms with Crippen LogP contribution in [0.5, 0.6) is 0 Å². The number of nitrogens with zero attached hydrogens (tertiary/aromatic N) is 2. The second kappa shape index (κ2) is 5.97. The summed E-state index contributed by atoms with van der Waals surface area (Å²) in [5.41, 5.74) is 5.72. The molecule has 1 aliphatic rings. The Morgan fingerprint density at radius 1 is 1.28 bits per heavy atom. The molecule has 1 heterocycles. The molecule has 1 fully saturated rings. The minimum atomic E-state index is -0.331. The summed E-state index contributed by atoms with van der Waals surface area (Å²) in [6, 6.07) is 0.744. The number of piperazine rings is 1. The number of hydrogen-bond acceptors (Lipinski definition) is 3. The van der Waals surface area contributed by atoms with Gasteiger partial charge in [-0.2, -0.15) is 0 Å². The first-order valence-electron chi connectivity index (χ1n) is 6.55. The maximum atomic E-state index is 12.5. The van der Waals surface area contributed by atoms with Crippen LogP contribution < -0.4 is 5.73 Å². The van der Waals surface area contributed by atoms with Gasteiger partial charge in [-0.05, 0) is 26.8 Å². The van der Waals surface area contributed by atoms with Crippen molar-refractivity contribution in [2.75, 3.05) is 20.1 Å². The van der Waals surface area contributed by atoms with Gasteiger partial charge in [0.2, 0.25) is 5.91 Å². The second-order valence-electron chi connectivity index (χ2n) is 5.73. The molecule has 0 spiro atoms. The minimum Gasteiger partial charge on any atom is -0.393 e. The summed E-state index contributed by atoms with van der Waals surface area (Å²) in [5.74, 6) is -0.0904. The topological polar surface area (TPSA) is 49.6 Å². The quantitative estimate of drug-likeness (QED) is 0.781. The van der Waals surface area contributed by atoms with E-state index in [9.17, 15) is 4.79 Å². The third kappa shape index (κ3) is 3.20. The van der Waals surface area contributed by atoms with Gasteiger partial charge in [0.25, 0.3) is 0 Å². The van der Waals surface area contributed by atoms with Crippen LogP contribution in [0.15, 0.2) is 0 Å². The Kier molecular flexibility index (Phi) is 5.10. The lowest BCUT2D eigenvalue weighted by Gasteiger charge is -2.43. The van der Waals surface area contributed by atoms with E-state index in [-0.39, 0.29) is 17.7 Å². The van der Waals surface area contributed by atoms with Crippen LogP contribution in [0, 0.1) is 11.8 Å². The van der Waals surface area contributed by atoms with Crippen LogP contribution in [0.2, 0.25) is 0 Å². The summed E-state index contributed by atoms with van der Waals surface area (Å²) >= 11 is 5.04. The highest BCUT2D eigenvalue weighted by atomic mass is 32.1. The molecule has 0 aromatic heterocycles. The summed E-state index contributed by atoms with van der Waals surface area (Å²) in [7, 11) is 2.10. The maximum Gasteiger partial charge on any atom is 0.232 e. The van der Waals surface area contributed by atoms with Crippen molar-refractivity contribution in [3.05, 3.63) is 0 Å². The first-order chi connectivity index (χ1) is 8.25. The number of likely N-dealkylation sites (N-methyl/N-ethyl adjacent to an activating group) is 1. The van der Waals surface area contributed by atoms with Gasteiger partial charge in [-0.15, -0.1) is 0 Å². The number of thiocarbonyl (C=S) groups is 1. The SMILES string of the molecule is CC(C)C(C(=O)N1CC(C)N(C)C(C)C1)C(N)=S. The predicted molar refractivity (Wildman–Crippen MR) is 78.4 cm³/mol. The molecule has 1 aliphatic heterocycles. The summed E-state index contributed by atoms with van der Waals surface area (Å²) < 4.78 is 0. The lowest BCUT2D eigenvalue weighted by atomic mass is 9.93. The zero-order chi connectivity index (χ0) is 14.0. The monoisotopic (exact) mass is 271 g/mol. The summed E-state index contributed by atoms with van der Waals surface area (Å²) in [4.78, 5) is 17.0. The number of amides is 1. The largest absolute Gasteiger partial charge is 0.393 e. The van der Waals surface area contributed by atoms with Crippen LogP contribution in [0.25, 0.3) is 0 Å². The molecule has 0 saturated carbocycles. The smallest absolute Gasteiger partial charge is 0.232 e. The van der Waals surface area contributed by atoms with Crippen LogP contribution in [0.1, 0.15) is 27.7 Å². The van der Waals surface area contributed by atoms with Crippen molar-refractivity contribution in [3.8, 4) is 0 Å². The number of rotatable bonds is 3. The first kappa shape index (κ1) is 15.4. The third-order valence-corrected chi connectivity index (χ3v) is 4.16. The van der Waals surface area contributed by atoms with Gasteiger partial charge >= 0.3 is 0 Å². The molecule has 4 nitrogen and oxygen atoms in total. The molecule has 1 amide bonds. The molecule has 0 aromatic carbocycles. The van der Waals surface area contributed by atoms with Crippen LogP contribution in [-0.2, 0) is 4.79 Å². The van der Waals surface area contributed by atoms with Crippen molar-refractivity contribution >= 4 is 23.1 Å². The van der Waals surface area contributed by atoms with Gasteiger partial charge in [0.05, 0.1) is 10.9 Å². The molecular weight excluding hydrogens is 246 g/mol. The van der Waals surface area contributed by atoms with E-state index in [1.807, 2.05) is 18.7 Å². The molecular formula is C13H25N3OS. The van der Waals surface area contributed by atoms with Gasteiger partial charge in [0, 0.05) is 25.2 Å². The molecule has 0 aromatic rings. The van der Waals surface area contributed by atoms with E-state index in [4.69, 9.17) is 18.0 Å². The van der Waals surface area contributed by atoms with Crippen LogP contribution in [0.4, 0.5) is 0 Å². The number of carbonyl (C=O) groups excluding carboxylic acids is 1. The Hall–Kier alpha value is -0.680. The van der Waals surface area contributed by atoms with E-state index >= 15 is 0 Å². The minimum absolute atomic E-state index is 0.0873. The maximum absolute atomic E-state index is 12.5. The van der Waals surface area contributed by atoms with Gasteiger partial charge in [0.1, 0.15) is 0 Å². The van der Waals surface area contributed by atoms with Crippen LogP contribution >= 0.6 is 12.2 Å². The predicted octanol–water partition coefficient (Wildman–Crippen LogP) is 1.10. The lowest BCUT2D eigenvalue weighted by Crippen LogP contribution is -2.58. The molecule has 1 saturated heterocycles. The van der Waals surface area contributed by atoms with Gasteiger partial charge in [0.15, 0.2) is 0 Å². The fraction of sp³-hybridized carbons (Fsp3) is 0.846. The normalized spacial score (nSPS) is 27.3. The average molecular weight is 271 g/mol. The Balaban J connectivity index is 2.81. The molecule has 2 N–H and O–H groups in total. The summed E-state index contributed by atoms with van der Waals surface area (Å²) in [5, 5.41) is 0. The van der Waals surface area contributed by atoms with Crippen molar-refractivity contribution < 1.29 is 4.79 Å². The number of nitrogens with two attached hydrogens (primary N) is 1. The van der Waals surface area contributed by atoms with E-state index in [1.165, 1.54) is 0 Å². The van der Waals surface area contributed by atoms with Gasteiger partial charge in [-0.3, -0.25) is 9.69 Å². The number of carbonyl (C=O) groups is 1. The van der Waals surface area contributed by atoms with E-state index in [1.54, 1.807) is 0 Å². The van der Waals surface area contributed by atoms with E-state index in [0.29, 0.717) is 17.1 Å². The Bertz CT molecular complexity index is 320. The highest BCUT2D eigenvalue weighted by Gasteiger charge is 2.34. The Labute approximate surface area is 115 Å². The van der Waals surface area contributed by atoms with Gasteiger partial charge < -0.3 is 10.6 Å². The highest BCUT2D eigenvalue weighted by molar-refractivity contribution is 7.80. The zero-order valence-corrected chi connectivity index (χ0v) is 12.8. The molecule has 0 aliphatic carbocycles. The fourth-order valence-corrected chi connectivity index (χ4v) is 2.89. The molecule has 1 rings (SSSR count). The van der Waals surface area contributed by atoms with Gasteiger partial charge in [-0.1, -0.05) is 26.1 Å². The summed E-state index contributed by atoms with van der Waals surface area (Å²) in [6.45, 7) is 9.77. The molecule has 0 radical (unpaired) electrons. The van der Waals surface area contributed by atoms with Gasteiger partial charge in [-0.25, -0.2) is 0 Å². The van der Waals surface area contributed by atoms with Crippen molar-refractivity contribution in [2.24, 2.45) is 17.6 Å². The van der Waals surface area contributed by atoms with E-state index in [0.717, 1.165) is 13.1 Å². The standard InChI is InChI=1S/C13H25N3OS/c1-8(2)11(12(14)18)13(17)16-6-9(3)15(5)10(4)7-16/h8-11H,6-7H2,1-5H3,(H2,14,18). The Morgan fingerprint density at radius 3 is 2.06 bits per heavy atom. The number of hydrogen-bond donors (Lipinski definition) is 1. The molecule has 18 heavy (non-hydrogen) atoms. The summed E-state index contributed by atoms with van der Waals surface area (Å²) in [6.07, 6.45) is 0. The lowest BCUT2D eigenvalue weighted by molar-refractivity contribution is -0.138. The molecule has 0 bridgehead atoms. The van der Waals surface area contributed by atoms with E-state index in [2.05, 4.69) is 25.8 Å². The molecule has 104 valence electrons. The molecule has 3 atom stereocenters. The highest BCUT2D eigenvalue weighted by Crippen LogP contribution is 2.20. The molecule has 3 unspecified atom stereocenters. The van der Waals surface area contributed by atoms with E-state index < -0.39 is 0 Å². The van der Waals surface area contributed by atoms with Crippen LogP contribution in [-0.4, -0.2) is 52.9 Å². The van der Waals surface area contributed by atoms with Crippen molar-refractivity contribution in [3.63, 3.8) is 0 Å². The van der Waals surface area contributed by atoms with Crippen molar-refractivity contribution in [1.82, 2.24) is 9.80 Å². The first-order valence-corrected chi connectivity index (χ1v) is 6.96. The fourth-order valence-electron chi connectivity index (χ4n) is 2.52. The van der Waals surface area contributed by atoms with Crippen LogP contribution in [0.3, 0.4) is 0 Å². The second-order valence-corrected chi connectivity index (χ2v) is 6.20. The molecule has 5 heteroatoms. The van der Waals surface area contributed by atoms with Crippen molar-refractivity contribution in [2.45, 2.75) is 39.8 Å². The zero-order valence-electron chi connectivity index (χ0n) is 12.0. The van der Waals surface area contributed by atoms with Crippen molar-refractivity contribution in [1.29, 1.82) is 0 Å². The average Bonchev–Trinajstić information content (AvgIpc) is 2.23. The third-order valence-electron chi connectivity index (χ3n) is 3.91.